The van der Waals surface area contributed by atoms with E-state index in [0.717, 1.165) is 35.5 Å². The van der Waals surface area contributed by atoms with Crippen LogP contribution in [0.5, 0.6) is 0 Å². The number of aromatic nitrogens is 2. The van der Waals surface area contributed by atoms with E-state index in [1.54, 1.807) is 12.3 Å². The summed E-state index contributed by atoms with van der Waals surface area (Å²) < 4.78 is 38.7. The quantitative estimate of drug-likeness (QED) is 0.645. The fourth-order valence-electron chi connectivity index (χ4n) is 3.55. The maximum absolute atomic E-state index is 13.1. The molecule has 0 amide bonds. The van der Waals surface area contributed by atoms with E-state index in [9.17, 15) is 8.42 Å². The monoisotopic (exact) mass is 416 g/mol. The average molecular weight is 417 g/mol. The Balaban J connectivity index is 1.54. The van der Waals surface area contributed by atoms with Gasteiger partial charge in [-0.2, -0.15) is 4.31 Å². The van der Waals surface area contributed by atoms with Gasteiger partial charge in [-0.25, -0.2) is 8.42 Å². The molecule has 9 heteroatoms. The highest BCUT2D eigenvalue weighted by molar-refractivity contribution is 7.89. The Morgan fingerprint density at radius 3 is 2.59 bits per heavy atom. The van der Waals surface area contributed by atoms with Crippen molar-refractivity contribution in [1.29, 1.82) is 0 Å². The van der Waals surface area contributed by atoms with Crippen molar-refractivity contribution in [3.63, 3.8) is 0 Å². The van der Waals surface area contributed by atoms with Crippen molar-refractivity contribution in [3.8, 4) is 11.5 Å². The van der Waals surface area contributed by atoms with Crippen molar-refractivity contribution in [2.75, 3.05) is 31.1 Å². The molecule has 0 unspecified atom stereocenters. The third-order valence-electron chi connectivity index (χ3n) is 5.34. The molecule has 3 aromatic heterocycles. The molecule has 0 saturated carbocycles. The molecule has 0 bridgehead atoms. The minimum atomic E-state index is -3.73. The predicted molar refractivity (Wildman–Crippen MR) is 108 cm³/mol. The van der Waals surface area contributed by atoms with Crippen LogP contribution in [-0.4, -0.2) is 49.0 Å². The van der Waals surface area contributed by atoms with Gasteiger partial charge in [0, 0.05) is 49.8 Å². The number of furan rings is 1. The highest BCUT2D eigenvalue weighted by Gasteiger charge is 2.30. The zero-order valence-electron chi connectivity index (χ0n) is 16.8. The van der Waals surface area contributed by atoms with Gasteiger partial charge < -0.3 is 13.8 Å². The van der Waals surface area contributed by atoms with Gasteiger partial charge in [-0.05, 0) is 51.0 Å². The molecular weight excluding hydrogens is 392 g/mol. The van der Waals surface area contributed by atoms with Gasteiger partial charge in [0.15, 0.2) is 5.76 Å². The smallest absolute Gasteiger partial charge is 0.276 e. The fraction of sp³-hybridized carbons (Fsp3) is 0.400. The van der Waals surface area contributed by atoms with E-state index in [2.05, 4.69) is 15.0 Å². The summed E-state index contributed by atoms with van der Waals surface area (Å²) in [4.78, 5) is 6.34. The molecule has 1 saturated heterocycles. The first kappa shape index (κ1) is 19.7. The molecule has 4 heterocycles. The number of nitrogens with zero attached hydrogens (tertiary/aromatic N) is 4. The summed E-state index contributed by atoms with van der Waals surface area (Å²) in [5.41, 5.74) is 3.76. The average Bonchev–Trinajstić information content (AvgIpc) is 3.22. The van der Waals surface area contributed by atoms with Crippen molar-refractivity contribution in [1.82, 2.24) is 14.4 Å². The van der Waals surface area contributed by atoms with Crippen LogP contribution in [0.3, 0.4) is 0 Å². The highest BCUT2D eigenvalue weighted by Crippen LogP contribution is 2.30. The van der Waals surface area contributed by atoms with Crippen LogP contribution in [0, 0.1) is 20.8 Å². The zero-order valence-corrected chi connectivity index (χ0v) is 17.6. The van der Waals surface area contributed by atoms with E-state index in [1.165, 1.54) is 10.4 Å². The van der Waals surface area contributed by atoms with E-state index >= 15 is 0 Å². The van der Waals surface area contributed by atoms with E-state index < -0.39 is 10.0 Å². The second kappa shape index (κ2) is 7.64. The molecule has 0 radical (unpaired) electrons. The Morgan fingerprint density at radius 2 is 1.86 bits per heavy atom. The second-order valence-electron chi connectivity index (χ2n) is 7.25. The summed E-state index contributed by atoms with van der Waals surface area (Å²) in [7, 11) is -3.73. The molecule has 0 atom stereocenters. The van der Waals surface area contributed by atoms with Crippen LogP contribution in [0.1, 0.15) is 23.2 Å². The molecule has 3 aromatic rings. The Morgan fingerprint density at radius 1 is 1.03 bits per heavy atom. The zero-order chi connectivity index (χ0) is 20.6. The molecule has 1 aliphatic rings. The molecule has 8 nitrogen and oxygen atoms in total. The number of sulfonamides is 1. The Labute approximate surface area is 170 Å². The third-order valence-corrected chi connectivity index (χ3v) is 7.12. The Kier molecular flexibility index (Phi) is 5.18. The summed E-state index contributed by atoms with van der Waals surface area (Å²) in [6, 6.07) is 5.07. The maximum Gasteiger partial charge on any atom is 0.276 e. The summed E-state index contributed by atoms with van der Waals surface area (Å²) in [6.45, 7) is 7.94. The van der Waals surface area contributed by atoms with Crippen molar-refractivity contribution in [2.45, 2.75) is 32.3 Å². The van der Waals surface area contributed by atoms with Crippen molar-refractivity contribution >= 4 is 15.7 Å². The van der Waals surface area contributed by atoms with Gasteiger partial charge in [0.25, 0.3) is 10.0 Å². The lowest BCUT2D eigenvalue weighted by Gasteiger charge is -2.24. The lowest BCUT2D eigenvalue weighted by atomic mass is 10.2. The third kappa shape index (κ3) is 3.67. The lowest BCUT2D eigenvalue weighted by Crippen LogP contribution is -2.35. The van der Waals surface area contributed by atoms with E-state index in [-0.39, 0.29) is 5.09 Å². The first-order valence-electron chi connectivity index (χ1n) is 9.56. The summed E-state index contributed by atoms with van der Waals surface area (Å²) in [5.74, 6) is 0.824. The standard InChI is InChI=1S/C20H24N4O4S/c1-14-13-21-8-7-17(14)23-9-4-10-24(12-11-23)29(25,26)19-6-5-18(27-19)20-15(2)16(3)22-28-20/h5-8,13H,4,9-12H2,1-3H3. The van der Waals surface area contributed by atoms with Gasteiger partial charge in [-0.1, -0.05) is 5.16 Å². The number of hydrogen-bond donors (Lipinski definition) is 0. The summed E-state index contributed by atoms with van der Waals surface area (Å²) in [5, 5.41) is 3.83. The Hall–Kier alpha value is -2.65. The number of pyridine rings is 1. The summed E-state index contributed by atoms with van der Waals surface area (Å²) >= 11 is 0. The Bertz CT molecular complexity index is 1120. The molecule has 4 rings (SSSR count). The largest absolute Gasteiger partial charge is 0.440 e. The molecule has 1 aliphatic heterocycles. The minimum Gasteiger partial charge on any atom is -0.440 e. The van der Waals surface area contributed by atoms with Crippen LogP contribution in [0.15, 0.2) is 44.6 Å². The second-order valence-corrected chi connectivity index (χ2v) is 9.12. The minimum absolute atomic E-state index is 0.0745. The number of rotatable bonds is 4. The van der Waals surface area contributed by atoms with E-state index in [0.29, 0.717) is 31.2 Å². The molecule has 154 valence electrons. The summed E-state index contributed by atoms with van der Waals surface area (Å²) in [6.07, 6.45) is 4.32. The molecule has 0 N–H and O–H groups in total. The number of aryl methyl sites for hydroxylation is 2. The van der Waals surface area contributed by atoms with Crippen LogP contribution in [0.4, 0.5) is 5.69 Å². The molecule has 29 heavy (non-hydrogen) atoms. The van der Waals surface area contributed by atoms with Crippen LogP contribution in [-0.2, 0) is 10.0 Å². The van der Waals surface area contributed by atoms with E-state index in [4.69, 9.17) is 8.94 Å². The molecule has 0 aromatic carbocycles. The molecule has 0 aliphatic carbocycles. The molecular formula is C20H24N4O4S. The lowest BCUT2D eigenvalue weighted by molar-refractivity contribution is 0.379. The van der Waals surface area contributed by atoms with Crippen LogP contribution in [0.2, 0.25) is 0 Å². The van der Waals surface area contributed by atoms with Crippen molar-refractivity contribution in [3.05, 3.63) is 47.4 Å². The van der Waals surface area contributed by atoms with E-state index in [1.807, 2.05) is 33.0 Å². The fourth-order valence-corrected chi connectivity index (χ4v) is 4.93. The van der Waals surface area contributed by atoms with Crippen LogP contribution >= 0.6 is 0 Å². The first-order valence-corrected chi connectivity index (χ1v) is 11.0. The van der Waals surface area contributed by atoms with Gasteiger partial charge in [0.05, 0.1) is 5.69 Å². The number of anilines is 1. The van der Waals surface area contributed by atoms with Crippen LogP contribution < -0.4 is 4.90 Å². The topological polar surface area (TPSA) is 92.7 Å². The van der Waals surface area contributed by atoms with Gasteiger partial charge in [0.1, 0.15) is 0 Å². The van der Waals surface area contributed by atoms with Gasteiger partial charge in [-0.15, -0.1) is 0 Å². The SMILES string of the molecule is Cc1cnccc1N1CCCN(S(=O)(=O)c2ccc(-c3onc(C)c3C)o2)CC1. The van der Waals surface area contributed by atoms with Gasteiger partial charge >= 0.3 is 0 Å². The normalized spacial score (nSPS) is 16.2. The number of hydrogen-bond acceptors (Lipinski definition) is 7. The maximum atomic E-state index is 13.1. The molecule has 0 spiro atoms. The van der Waals surface area contributed by atoms with Crippen molar-refractivity contribution in [2.24, 2.45) is 0 Å². The van der Waals surface area contributed by atoms with Crippen molar-refractivity contribution < 1.29 is 17.4 Å². The van der Waals surface area contributed by atoms with Gasteiger partial charge in [-0.3, -0.25) is 4.98 Å². The van der Waals surface area contributed by atoms with Crippen LogP contribution in [0.25, 0.3) is 11.5 Å². The van der Waals surface area contributed by atoms with Gasteiger partial charge in [0.2, 0.25) is 10.9 Å². The predicted octanol–water partition coefficient (Wildman–Crippen LogP) is 3.16. The molecule has 1 fully saturated rings. The highest BCUT2D eigenvalue weighted by atomic mass is 32.2. The first-order chi connectivity index (χ1) is 13.9.